The highest BCUT2D eigenvalue weighted by Crippen LogP contribution is 2.24. The van der Waals surface area contributed by atoms with Crippen LogP contribution in [0.1, 0.15) is 5.56 Å². The van der Waals surface area contributed by atoms with Crippen LogP contribution in [0.15, 0.2) is 23.4 Å². The fraction of sp³-hybridized carbons (Fsp3) is 0.111. The van der Waals surface area contributed by atoms with Crippen molar-refractivity contribution in [1.82, 2.24) is 0 Å². The maximum absolute atomic E-state index is 10.2. The third-order valence-electron chi connectivity index (χ3n) is 1.51. The second-order valence-corrected chi connectivity index (χ2v) is 3.02. The molecule has 6 heteroatoms. The first-order valence-electron chi connectivity index (χ1n) is 3.95. The summed E-state index contributed by atoms with van der Waals surface area (Å²) >= 11 is 5.79. The Morgan fingerprint density at radius 1 is 1.60 bits per heavy atom. The van der Waals surface area contributed by atoms with Crippen LogP contribution in [0.3, 0.4) is 0 Å². The van der Waals surface area contributed by atoms with E-state index in [9.17, 15) is 4.79 Å². The summed E-state index contributed by atoms with van der Waals surface area (Å²) in [5.41, 5.74) is 0.588. The lowest BCUT2D eigenvalue weighted by molar-refractivity contribution is -0.139. The number of oxime groups is 1. The maximum atomic E-state index is 10.2. The molecule has 0 aliphatic heterocycles. The van der Waals surface area contributed by atoms with Crippen molar-refractivity contribution in [3.63, 3.8) is 0 Å². The second kappa shape index (κ2) is 5.21. The first-order valence-corrected chi connectivity index (χ1v) is 4.33. The van der Waals surface area contributed by atoms with Crippen molar-refractivity contribution in [2.24, 2.45) is 5.16 Å². The van der Waals surface area contributed by atoms with Crippen molar-refractivity contribution >= 4 is 23.8 Å². The number of benzene rings is 1. The molecule has 0 bridgehead atoms. The van der Waals surface area contributed by atoms with Crippen LogP contribution in [0.5, 0.6) is 5.75 Å². The van der Waals surface area contributed by atoms with Crippen LogP contribution in [-0.4, -0.2) is 29.1 Å². The van der Waals surface area contributed by atoms with Crippen LogP contribution >= 0.6 is 11.6 Å². The van der Waals surface area contributed by atoms with Gasteiger partial charge in [-0.05, 0) is 23.8 Å². The van der Waals surface area contributed by atoms with Gasteiger partial charge in [-0.1, -0.05) is 16.8 Å². The highest BCUT2D eigenvalue weighted by molar-refractivity contribution is 6.32. The normalized spacial score (nSPS) is 10.5. The number of carboxylic acid groups (broad SMARTS) is 1. The van der Waals surface area contributed by atoms with Crippen molar-refractivity contribution < 1.29 is 19.8 Å². The van der Waals surface area contributed by atoms with Crippen LogP contribution < -0.4 is 4.74 Å². The number of carboxylic acids is 1. The Bertz CT molecular complexity index is 392. The predicted molar refractivity (Wildman–Crippen MR) is 54.0 cm³/mol. The first kappa shape index (κ1) is 11.3. The third kappa shape index (κ3) is 3.47. The molecule has 1 aromatic rings. The van der Waals surface area contributed by atoms with Gasteiger partial charge in [0.15, 0.2) is 6.61 Å². The van der Waals surface area contributed by atoms with E-state index < -0.39 is 12.6 Å². The average molecular weight is 230 g/mol. The Morgan fingerprint density at radius 3 is 2.87 bits per heavy atom. The Kier molecular flexibility index (Phi) is 3.93. The van der Waals surface area contributed by atoms with Gasteiger partial charge in [0, 0.05) is 0 Å². The topological polar surface area (TPSA) is 79.1 Å². The van der Waals surface area contributed by atoms with Gasteiger partial charge in [-0.3, -0.25) is 0 Å². The molecule has 0 aromatic heterocycles. The number of hydrogen-bond acceptors (Lipinski definition) is 4. The van der Waals surface area contributed by atoms with Gasteiger partial charge < -0.3 is 15.1 Å². The Morgan fingerprint density at radius 2 is 2.33 bits per heavy atom. The van der Waals surface area contributed by atoms with Crippen molar-refractivity contribution in [3.8, 4) is 5.75 Å². The molecule has 15 heavy (non-hydrogen) atoms. The fourth-order valence-electron chi connectivity index (χ4n) is 0.921. The smallest absolute Gasteiger partial charge is 0.341 e. The van der Waals surface area contributed by atoms with Gasteiger partial charge in [-0.2, -0.15) is 0 Å². The molecule has 1 rings (SSSR count). The molecule has 0 atom stereocenters. The van der Waals surface area contributed by atoms with Gasteiger partial charge in [0.1, 0.15) is 5.75 Å². The standard InChI is InChI=1S/C9H8ClNO4/c10-7-3-6(4-11-14)1-2-8(7)15-5-9(12)13/h1-4,14H,5H2,(H,12,13)/b11-4-. The Hall–Kier alpha value is -1.75. The predicted octanol–water partition coefficient (Wildman–Crippen LogP) is 1.61. The van der Waals surface area contributed by atoms with E-state index in [1.54, 1.807) is 6.07 Å². The molecule has 0 spiro atoms. The first-order chi connectivity index (χ1) is 7.13. The van der Waals surface area contributed by atoms with E-state index in [0.717, 1.165) is 0 Å². The third-order valence-corrected chi connectivity index (χ3v) is 1.81. The quantitative estimate of drug-likeness (QED) is 0.467. The molecule has 0 saturated heterocycles. The van der Waals surface area contributed by atoms with Gasteiger partial charge >= 0.3 is 5.97 Å². The molecule has 5 nitrogen and oxygen atoms in total. The Balaban J connectivity index is 2.78. The molecule has 0 amide bonds. The van der Waals surface area contributed by atoms with Crippen LogP contribution in [-0.2, 0) is 4.79 Å². The summed E-state index contributed by atoms with van der Waals surface area (Å²) in [6.45, 7) is -0.451. The molecule has 0 saturated carbocycles. The summed E-state index contributed by atoms with van der Waals surface area (Å²) in [5.74, 6) is -0.804. The number of aliphatic carboxylic acids is 1. The molecule has 1 aromatic carbocycles. The van der Waals surface area contributed by atoms with Gasteiger partial charge in [-0.25, -0.2) is 4.79 Å². The number of nitrogens with zero attached hydrogens (tertiary/aromatic N) is 1. The highest BCUT2D eigenvalue weighted by atomic mass is 35.5. The molecule has 0 heterocycles. The zero-order chi connectivity index (χ0) is 11.3. The Labute approximate surface area is 90.5 Å². The molecule has 0 aliphatic carbocycles. The lowest BCUT2D eigenvalue weighted by atomic mass is 10.2. The summed E-state index contributed by atoms with van der Waals surface area (Å²) in [5, 5.41) is 19.7. The molecule has 2 N–H and O–H groups in total. The van der Waals surface area contributed by atoms with E-state index in [1.165, 1.54) is 18.3 Å². The van der Waals surface area contributed by atoms with Gasteiger partial charge in [0.2, 0.25) is 0 Å². The van der Waals surface area contributed by atoms with Gasteiger partial charge in [0.05, 0.1) is 11.2 Å². The molecule has 0 unspecified atom stereocenters. The molecular weight excluding hydrogens is 222 g/mol. The maximum Gasteiger partial charge on any atom is 0.341 e. The summed E-state index contributed by atoms with van der Waals surface area (Å²) in [6, 6.07) is 4.59. The zero-order valence-corrected chi connectivity index (χ0v) is 8.31. The minimum atomic E-state index is -1.08. The van der Waals surface area contributed by atoms with Gasteiger partial charge in [0.25, 0.3) is 0 Å². The van der Waals surface area contributed by atoms with Gasteiger partial charge in [-0.15, -0.1) is 0 Å². The van der Waals surface area contributed by atoms with E-state index >= 15 is 0 Å². The number of rotatable bonds is 4. The molecule has 0 radical (unpaired) electrons. The number of carbonyl (C=O) groups is 1. The summed E-state index contributed by atoms with van der Waals surface area (Å²) in [6.07, 6.45) is 1.20. The van der Waals surface area contributed by atoms with Crippen LogP contribution in [0.4, 0.5) is 0 Å². The minimum absolute atomic E-state index is 0.258. The highest BCUT2D eigenvalue weighted by Gasteiger charge is 2.04. The number of ether oxygens (including phenoxy) is 1. The van der Waals surface area contributed by atoms with E-state index in [-0.39, 0.29) is 10.8 Å². The van der Waals surface area contributed by atoms with Crippen LogP contribution in [0, 0.1) is 0 Å². The average Bonchev–Trinajstić information content (AvgIpc) is 2.17. The molecular formula is C9H8ClNO4. The largest absolute Gasteiger partial charge is 0.480 e. The molecule has 80 valence electrons. The molecule has 0 aliphatic rings. The monoisotopic (exact) mass is 229 g/mol. The zero-order valence-electron chi connectivity index (χ0n) is 7.55. The number of halogens is 1. The van der Waals surface area contributed by atoms with E-state index in [4.69, 9.17) is 26.7 Å². The second-order valence-electron chi connectivity index (χ2n) is 2.62. The van der Waals surface area contributed by atoms with Crippen molar-refractivity contribution in [2.75, 3.05) is 6.61 Å². The lowest BCUT2D eigenvalue weighted by Gasteiger charge is -2.05. The summed E-state index contributed by atoms with van der Waals surface area (Å²) in [7, 11) is 0. The van der Waals surface area contributed by atoms with Crippen LogP contribution in [0.2, 0.25) is 5.02 Å². The molecule has 0 fully saturated rings. The van der Waals surface area contributed by atoms with Crippen LogP contribution in [0.25, 0.3) is 0 Å². The SMILES string of the molecule is O=C(O)COc1ccc(/C=N\O)cc1Cl. The van der Waals surface area contributed by atoms with E-state index in [0.29, 0.717) is 5.56 Å². The minimum Gasteiger partial charge on any atom is -0.480 e. The van der Waals surface area contributed by atoms with Crippen molar-refractivity contribution in [2.45, 2.75) is 0 Å². The van der Waals surface area contributed by atoms with E-state index in [2.05, 4.69) is 5.16 Å². The van der Waals surface area contributed by atoms with Crippen molar-refractivity contribution in [3.05, 3.63) is 28.8 Å². The summed E-state index contributed by atoms with van der Waals surface area (Å²) in [4.78, 5) is 10.2. The van der Waals surface area contributed by atoms with Crippen molar-refractivity contribution in [1.29, 1.82) is 0 Å². The summed E-state index contributed by atoms with van der Waals surface area (Å²) < 4.78 is 4.89. The fourth-order valence-corrected chi connectivity index (χ4v) is 1.16. The lowest BCUT2D eigenvalue weighted by Crippen LogP contribution is -2.09. The number of hydrogen-bond donors (Lipinski definition) is 2. The van der Waals surface area contributed by atoms with E-state index in [1.807, 2.05) is 0 Å².